The Hall–Kier alpha value is -2.54. The Kier molecular flexibility index (Phi) is 6.34. The second-order valence-corrected chi connectivity index (χ2v) is 7.60. The van der Waals surface area contributed by atoms with Gasteiger partial charge in [0.1, 0.15) is 5.75 Å². The third-order valence-corrected chi connectivity index (χ3v) is 4.78. The maximum Gasteiger partial charge on any atom is 0.200 e. The van der Waals surface area contributed by atoms with E-state index in [9.17, 15) is 4.79 Å². The summed E-state index contributed by atoms with van der Waals surface area (Å²) in [6.07, 6.45) is 1.64. The summed E-state index contributed by atoms with van der Waals surface area (Å²) in [4.78, 5) is 11.7. The van der Waals surface area contributed by atoms with Gasteiger partial charge < -0.3 is 9.15 Å². The van der Waals surface area contributed by atoms with Gasteiger partial charge in [-0.2, -0.15) is 0 Å². The molecular weight excluding hydrogens is 362 g/mol. The number of hydrogen-bond donors (Lipinski definition) is 0. The summed E-state index contributed by atoms with van der Waals surface area (Å²) in [5.74, 6) is 3.21. The summed E-state index contributed by atoms with van der Waals surface area (Å²) < 4.78 is 13.4. The van der Waals surface area contributed by atoms with E-state index in [0.29, 0.717) is 35.4 Å². The quantitative estimate of drug-likeness (QED) is 0.305. The van der Waals surface area contributed by atoms with Gasteiger partial charge in [-0.3, -0.25) is 9.36 Å². The van der Waals surface area contributed by atoms with Crippen LogP contribution in [0, 0.1) is 5.92 Å². The molecule has 0 aliphatic heterocycles. The number of hydrogen-bond acceptors (Lipinski definition) is 6. The number of carbonyl (C=O) groups excluding carboxylic acids is 1. The molecule has 7 heteroatoms. The lowest BCUT2D eigenvalue weighted by Crippen LogP contribution is -2.09. The van der Waals surface area contributed by atoms with E-state index >= 15 is 0 Å². The molecule has 0 bridgehead atoms. The van der Waals surface area contributed by atoms with E-state index in [1.165, 1.54) is 0 Å². The zero-order valence-corrected chi connectivity index (χ0v) is 16.5. The Balaban J connectivity index is 1.65. The first-order valence-corrected chi connectivity index (χ1v) is 9.87. The molecule has 0 spiro atoms. The lowest BCUT2D eigenvalue weighted by Gasteiger charge is -2.12. The minimum absolute atomic E-state index is 0.00183. The predicted molar refractivity (Wildman–Crippen MR) is 105 cm³/mol. The molecule has 0 amide bonds. The molecule has 0 aliphatic rings. The van der Waals surface area contributed by atoms with Crippen LogP contribution in [0.25, 0.3) is 11.6 Å². The van der Waals surface area contributed by atoms with Crippen molar-refractivity contribution in [3.8, 4) is 17.3 Å². The first-order chi connectivity index (χ1) is 13.1. The molecule has 2 aromatic heterocycles. The Bertz CT molecular complexity index is 888. The van der Waals surface area contributed by atoms with Gasteiger partial charge in [0.05, 0.1) is 18.4 Å². The van der Waals surface area contributed by atoms with Gasteiger partial charge >= 0.3 is 0 Å². The molecule has 6 nitrogen and oxygen atoms in total. The molecule has 0 aliphatic carbocycles. The van der Waals surface area contributed by atoms with Crippen molar-refractivity contribution in [2.24, 2.45) is 5.92 Å². The van der Waals surface area contributed by atoms with Crippen molar-refractivity contribution >= 4 is 17.5 Å². The van der Waals surface area contributed by atoms with E-state index in [1.807, 2.05) is 30.3 Å². The van der Waals surface area contributed by atoms with Crippen molar-refractivity contribution in [1.29, 1.82) is 0 Å². The number of carbonyl (C=O) groups is 1. The molecule has 3 rings (SSSR count). The topological polar surface area (TPSA) is 70.2 Å². The summed E-state index contributed by atoms with van der Waals surface area (Å²) in [5, 5.41) is 9.45. The van der Waals surface area contributed by atoms with Crippen molar-refractivity contribution in [2.45, 2.75) is 32.5 Å². The van der Waals surface area contributed by atoms with Crippen LogP contribution in [0.5, 0.6) is 5.75 Å². The fourth-order valence-corrected chi connectivity index (χ4v) is 3.45. The Labute approximate surface area is 162 Å². The van der Waals surface area contributed by atoms with Crippen molar-refractivity contribution in [3.05, 3.63) is 48.2 Å². The molecule has 0 fully saturated rings. The highest BCUT2D eigenvalue weighted by Gasteiger charge is 2.17. The molecule has 0 unspecified atom stereocenters. The summed E-state index contributed by atoms with van der Waals surface area (Å²) in [6.45, 7) is 7.13. The summed E-state index contributed by atoms with van der Waals surface area (Å²) in [7, 11) is 0. The second kappa shape index (κ2) is 8.90. The minimum atomic E-state index is -0.00183. The van der Waals surface area contributed by atoms with Crippen LogP contribution >= 0.6 is 11.8 Å². The van der Waals surface area contributed by atoms with Crippen molar-refractivity contribution in [3.63, 3.8) is 0 Å². The van der Waals surface area contributed by atoms with Crippen molar-refractivity contribution in [2.75, 3.05) is 12.4 Å². The standard InChI is InChI=1S/C20H23N3O3S/c1-14(2)13-23-19(18-9-6-10-25-18)21-22-20(23)27-12-11-26-17-8-5-4-7-16(17)15(3)24/h4-10,14H,11-13H2,1-3H3. The molecule has 0 N–H and O–H groups in total. The molecule has 0 saturated heterocycles. The maximum atomic E-state index is 11.7. The van der Waals surface area contributed by atoms with Crippen LogP contribution in [0.2, 0.25) is 0 Å². The fourth-order valence-electron chi connectivity index (χ4n) is 2.68. The highest BCUT2D eigenvalue weighted by molar-refractivity contribution is 7.99. The molecule has 0 saturated carbocycles. The van der Waals surface area contributed by atoms with E-state index in [-0.39, 0.29) is 5.78 Å². The second-order valence-electron chi connectivity index (χ2n) is 6.54. The number of thioether (sulfide) groups is 1. The lowest BCUT2D eigenvalue weighted by atomic mass is 10.1. The number of furan rings is 1. The van der Waals surface area contributed by atoms with Gasteiger partial charge in [0.2, 0.25) is 0 Å². The molecule has 1 aromatic carbocycles. The third kappa shape index (κ3) is 4.80. The zero-order valence-electron chi connectivity index (χ0n) is 15.7. The number of benzene rings is 1. The number of nitrogens with zero attached hydrogens (tertiary/aromatic N) is 3. The third-order valence-electron chi connectivity index (χ3n) is 3.84. The van der Waals surface area contributed by atoms with Gasteiger partial charge in [-0.05, 0) is 37.1 Å². The number of ether oxygens (including phenoxy) is 1. The first kappa shape index (κ1) is 19.2. The highest BCUT2D eigenvalue weighted by atomic mass is 32.2. The van der Waals surface area contributed by atoms with Crippen LogP contribution in [0.4, 0.5) is 0 Å². The number of para-hydroxylation sites is 1. The molecule has 0 atom stereocenters. The summed E-state index contributed by atoms with van der Waals surface area (Å²) in [5.41, 5.74) is 0.602. The number of rotatable bonds is 9. The molecule has 2 heterocycles. The highest BCUT2D eigenvalue weighted by Crippen LogP contribution is 2.26. The van der Waals surface area contributed by atoms with Crippen LogP contribution in [-0.2, 0) is 6.54 Å². The van der Waals surface area contributed by atoms with Crippen LogP contribution in [-0.4, -0.2) is 32.9 Å². The Morgan fingerprint density at radius 1 is 1.22 bits per heavy atom. The molecule has 3 aromatic rings. The number of ketones is 1. The van der Waals surface area contributed by atoms with Crippen LogP contribution in [0.1, 0.15) is 31.1 Å². The summed E-state index contributed by atoms with van der Waals surface area (Å²) in [6, 6.07) is 11.0. The van der Waals surface area contributed by atoms with E-state index < -0.39 is 0 Å². The monoisotopic (exact) mass is 385 g/mol. The zero-order chi connectivity index (χ0) is 19.2. The molecule has 0 radical (unpaired) electrons. The van der Waals surface area contributed by atoms with Gasteiger partial charge in [-0.1, -0.05) is 37.7 Å². The maximum absolute atomic E-state index is 11.7. The molecule has 27 heavy (non-hydrogen) atoms. The number of Topliss-reactive ketones (excluding diaryl/α,β-unsaturated/α-hetero) is 1. The summed E-state index contributed by atoms with van der Waals surface area (Å²) >= 11 is 1.58. The van der Waals surface area contributed by atoms with E-state index in [4.69, 9.17) is 9.15 Å². The van der Waals surface area contributed by atoms with Gasteiger partial charge in [-0.25, -0.2) is 0 Å². The average Bonchev–Trinajstić information content (AvgIpc) is 3.28. The van der Waals surface area contributed by atoms with E-state index in [0.717, 1.165) is 17.5 Å². The fraction of sp³-hybridized carbons (Fsp3) is 0.350. The van der Waals surface area contributed by atoms with E-state index in [2.05, 4.69) is 28.6 Å². The Morgan fingerprint density at radius 2 is 2.04 bits per heavy atom. The smallest absolute Gasteiger partial charge is 0.200 e. The van der Waals surface area contributed by atoms with Gasteiger partial charge in [-0.15, -0.1) is 10.2 Å². The van der Waals surface area contributed by atoms with E-state index in [1.54, 1.807) is 31.0 Å². The predicted octanol–water partition coefficient (Wildman–Crippen LogP) is 4.57. The largest absolute Gasteiger partial charge is 0.492 e. The first-order valence-electron chi connectivity index (χ1n) is 8.89. The van der Waals surface area contributed by atoms with Crippen molar-refractivity contribution < 1.29 is 13.9 Å². The molecular formula is C20H23N3O3S. The van der Waals surface area contributed by atoms with Crippen molar-refractivity contribution in [1.82, 2.24) is 14.8 Å². The van der Waals surface area contributed by atoms with Gasteiger partial charge in [0.15, 0.2) is 22.5 Å². The molecule has 142 valence electrons. The average molecular weight is 385 g/mol. The van der Waals surface area contributed by atoms with Crippen LogP contribution in [0.15, 0.2) is 52.2 Å². The van der Waals surface area contributed by atoms with Gasteiger partial charge in [0, 0.05) is 12.3 Å². The SMILES string of the molecule is CC(=O)c1ccccc1OCCSc1nnc(-c2ccco2)n1CC(C)C. The number of aromatic nitrogens is 3. The Morgan fingerprint density at radius 3 is 2.74 bits per heavy atom. The normalized spacial score (nSPS) is 11.1. The lowest BCUT2D eigenvalue weighted by molar-refractivity contribution is 0.101. The van der Waals surface area contributed by atoms with Crippen LogP contribution in [0.3, 0.4) is 0 Å². The van der Waals surface area contributed by atoms with Gasteiger partial charge in [0.25, 0.3) is 0 Å². The van der Waals surface area contributed by atoms with Crippen LogP contribution < -0.4 is 4.74 Å². The minimum Gasteiger partial charge on any atom is -0.492 e.